The first-order valence-corrected chi connectivity index (χ1v) is 10.5. The van der Waals surface area contributed by atoms with Crippen LogP contribution in [0.5, 0.6) is 0 Å². The molecule has 0 unspecified atom stereocenters. The Balaban J connectivity index is 0.000000237. The largest absolute Gasteiger partial charge is 2.00 e. The molecule has 0 spiro atoms. The summed E-state index contributed by atoms with van der Waals surface area (Å²) in [5, 5.41) is 2.71. The van der Waals surface area contributed by atoms with Gasteiger partial charge in [0.2, 0.25) is 0 Å². The average molecular weight is 502 g/mol. The van der Waals surface area contributed by atoms with Gasteiger partial charge in [0.05, 0.1) is 0 Å². The summed E-state index contributed by atoms with van der Waals surface area (Å²) < 4.78 is 0. The van der Waals surface area contributed by atoms with Crippen LogP contribution in [0.15, 0.2) is 24.3 Å². The average Bonchev–Trinajstić information content (AvgIpc) is 3.61. The first kappa shape index (κ1) is 27.5. The molecule has 0 atom stereocenters. The number of fused-ring (bicyclic) bond motifs is 1. The van der Waals surface area contributed by atoms with Gasteiger partial charge < -0.3 is 0 Å². The molecule has 4 aliphatic carbocycles. The molecule has 4 saturated carbocycles. The zero-order chi connectivity index (χ0) is 19.7. The predicted octanol–water partition coefficient (Wildman–Crippen LogP) is 6.45. The van der Waals surface area contributed by atoms with Crippen molar-refractivity contribution in [1.82, 2.24) is 0 Å². The van der Waals surface area contributed by atoms with Gasteiger partial charge in [-0.1, -0.05) is 24.3 Å². The predicted molar refractivity (Wildman–Crippen MR) is 124 cm³/mol. The Bertz CT molecular complexity index is 642. The Morgan fingerprint density at radius 3 is 0.968 bits per heavy atom. The third-order valence-electron chi connectivity index (χ3n) is 4.58. The minimum Gasteiger partial charge on any atom is -0.143 e. The molecule has 4 fully saturated rings. The number of hydrogen-bond donors (Lipinski definition) is 0. The summed E-state index contributed by atoms with van der Waals surface area (Å²) in [6.45, 7) is 0. The van der Waals surface area contributed by atoms with Crippen LogP contribution >= 0.6 is 11.3 Å². The monoisotopic (exact) mass is 502 g/mol. The first-order valence-electron chi connectivity index (χ1n) is 9.72. The van der Waals surface area contributed by atoms with Crippen LogP contribution in [0.25, 0.3) is 10.8 Å². The molecule has 0 N–H and O–H groups in total. The minimum atomic E-state index is 0. The van der Waals surface area contributed by atoms with Gasteiger partial charge in [-0.15, -0.1) is 11.3 Å². The van der Waals surface area contributed by atoms with Crippen molar-refractivity contribution < 1.29 is 34.1 Å². The van der Waals surface area contributed by atoms with Gasteiger partial charge in [-0.2, -0.15) is 0 Å². The van der Waals surface area contributed by atoms with E-state index in [0.29, 0.717) is 0 Å². The molecule has 0 nitrogen and oxygen atoms in total. The summed E-state index contributed by atoms with van der Waals surface area (Å²) in [7, 11) is 0. The van der Waals surface area contributed by atoms with E-state index in [-0.39, 0.29) is 34.1 Å². The Morgan fingerprint density at radius 2 is 0.677 bits per heavy atom. The molecule has 20 radical (unpaired) electrons. The maximum Gasteiger partial charge on any atom is 2.00 e. The second-order valence-corrected chi connectivity index (χ2v) is 7.60. The van der Waals surface area contributed by atoms with Gasteiger partial charge in [0.1, 0.15) is 0 Å². The molecule has 152 valence electrons. The van der Waals surface area contributed by atoms with Gasteiger partial charge in [-0.05, 0) is 126 Å². The van der Waals surface area contributed by atoms with Gasteiger partial charge >= 0.3 is 34.1 Å². The van der Waals surface area contributed by atoms with E-state index >= 15 is 0 Å². The van der Waals surface area contributed by atoms with Gasteiger partial charge in [0.15, 0.2) is 0 Å². The summed E-state index contributed by atoms with van der Waals surface area (Å²) in [5.41, 5.74) is 0. The molecule has 2 aromatic rings. The van der Waals surface area contributed by atoms with Crippen LogP contribution in [0.4, 0.5) is 0 Å². The van der Waals surface area contributed by atoms with E-state index in [9.17, 15) is 0 Å². The van der Waals surface area contributed by atoms with Crippen LogP contribution in [-0.4, -0.2) is 0 Å². The van der Waals surface area contributed by atoms with E-state index in [4.69, 9.17) is 0 Å². The second-order valence-electron chi connectivity index (χ2n) is 6.58. The SMILES string of the molecule is [CH]1[CH][CH][CH][CH]1.[CH]1[CH][CH][CH][CH]1.[CH]1[CH][CH][C](c2sc([C]3[CH][CH][CH][CH]3)c3ccccc23)[CH]1.[Fe+2].[Fe+2]. The minimum absolute atomic E-state index is 0. The van der Waals surface area contributed by atoms with Gasteiger partial charge in [0, 0.05) is 21.6 Å². The fraction of sp³-hybridized carbons (Fsp3) is 0. The summed E-state index contributed by atoms with van der Waals surface area (Å²) in [5.74, 6) is 2.64. The Morgan fingerprint density at radius 1 is 0.387 bits per heavy atom. The maximum atomic E-state index is 2.22. The zero-order valence-electron chi connectivity index (χ0n) is 16.8. The smallest absolute Gasteiger partial charge is 0.143 e. The van der Waals surface area contributed by atoms with Crippen LogP contribution in [0.3, 0.4) is 0 Å². The van der Waals surface area contributed by atoms with E-state index in [0.717, 1.165) is 0 Å². The van der Waals surface area contributed by atoms with Crippen molar-refractivity contribution in [3.63, 3.8) is 0 Å². The third kappa shape index (κ3) is 7.89. The Hall–Kier alpha value is 0.219. The van der Waals surface area contributed by atoms with E-state index < -0.39 is 0 Å². The van der Waals surface area contributed by atoms with Crippen LogP contribution in [0.2, 0.25) is 0 Å². The first-order chi connectivity index (χ1) is 14.4. The second kappa shape index (κ2) is 15.2. The number of benzene rings is 1. The fourth-order valence-electron chi connectivity index (χ4n) is 3.21. The third-order valence-corrected chi connectivity index (χ3v) is 5.90. The Kier molecular flexibility index (Phi) is 13.5. The van der Waals surface area contributed by atoms with Crippen LogP contribution in [0, 0.1) is 127 Å². The van der Waals surface area contributed by atoms with Crippen molar-refractivity contribution in [2.75, 3.05) is 0 Å². The van der Waals surface area contributed by atoms with Crippen molar-refractivity contribution in [3.8, 4) is 0 Å². The summed E-state index contributed by atoms with van der Waals surface area (Å²) in [4.78, 5) is 2.74. The van der Waals surface area contributed by atoms with E-state index in [1.165, 1.54) is 32.4 Å². The molecule has 0 saturated heterocycles. The standard InChI is InChI=1S/C18H12S.2C5H5.2Fe/c1-2-8-13(7-1)17-15-11-5-6-12-16(15)18(19-17)14-9-3-4-10-14;2*1-2-4-5-3-1;;/h1-12H;2*1-5H;;/q;;;2*+2. The van der Waals surface area contributed by atoms with Crippen LogP contribution in [-0.2, 0) is 34.1 Å². The molecule has 0 bridgehead atoms. The number of thiophene rings is 1. The van der Waals surface area contributed by atoms with Crippen molar-refractivity contribution in [1.29, 1.82) is 0 Å². The molecule has 1 heterocycles. The van der Waals surface area contributed by atoms with Crippen LogP contribution < -0.4 is 0 Å². The molecule has 31 heavy (non-hydrogen) atoms. The molecular weight excluding hydrogens is 480 g/mol. The zero-order valence-corrected chi connectivity index (χ0v) is 19.8. The van der Waals surface area contributed by atoms with E-state index in [1.54, 1.807) is 0 Å². The van der Waals surface area contributed by atoms with E-state index in [2.05, 4.69) is 75.6 Å². The number of rotatable bonds is 2. The van der Waals surface area contributed by atoms with Crippen LogP contribution in [0.1, 0.15) is 9.75 Å². The van der Waals surface area contributed by atoms with Gasteiger partial charge in [-0.3, -0.25) is 0 Å². The molecule has 0 amide bonds. The van der Waals surface area contributed by atoms with Crippen molar-refractivity contribution in [2.45, 2.75) is 0 Å². The molecule has 0 aliphatic heterocycles. The van der Waals surface area contributed by atoms with E-state index in [1.807, 2.05) is 75.5 Å². The molecule has 1 aromatic carbocycles. The molecular formula is C28H22Fe2S+4. The molecule has 3 heteroatoms. The molecule has 1 aromatic heterocycles. The Labute approximate surface area is 216 Å². The summed E-state index contributed by atoms with van der Waals surface area (Å²) in [6, 6.07) is 8.69. The quantitative estimate of drug-likeness (QED) is 0.415. The van der Waals surface area contributed by atoms with Crippen molar-refractivity contribution >= 4 is 22.1 Å². The molecule has 6 rings (SSSR count). The number of hydrogen-bond acceptors (Lipinski definition) is 1. The molecule has 4 aliphatic rings. The van der Waals surface area contributed by atoms with Crippen molar-refractivity contribution in [3.05, 3.63) is 161 Å². The van der Waals surface area contributed by atoms with Gasteiger partial charge in [0.25, 0.3) is 0 Å². The van der Waals surface area contributed by atoms with Crippen molar-refractivity contribution in [2.24, 2.45) is 0 Å². The normalized spacial score (nSPS) is 21.0. The van der Waals surface area contributed by atoms with Gasteiger partial charge in [-0.25, -0.2) is 0 Å². The fourth-order valence-corrected chi connectivity index (χ4v) is 4.50. The topological polar surface area (TPSA) is 0 Å². The summed E-state index contributed by atoms with van der Waals surface area (Å²) >= 11 is 1.89. The maximum absolute atomic E-state index is 2.22. The summed E-state index contributed by atoms with van der Waals surface area (Å²) in [6.07, 6.45) is 37.2.